The van der Waals surface area contributed by atoms with Gasteiger partial charge < -0.3 is 14.6 Å². The lowest BCUT2D eigenvalue weighted by molar-refractivity contribution is -0.108. The fourth-order valence-corrected chi connectivity index (χ4v) is 0.298. The van der Waals surface area contributed by atoms with Gasteiger partial charge in [-0.15, -0.1) is 0 Å². The van der Waals surface area contributed by atoms with Crippen LogP contribution in [0, 0.1) is 0 Å². The predicted molar refractivity (Wildman–Crippen MR) is 28.6 cm³/mol. The maximum Gasteiger partial charge on any atom is 0.122 e. The minimum atomic E-state index is 0.0266. The van der Waals surface area contributed by atoms with Crippen LogP contribution < -0.4 is 0 Å². The Balaban J connectivity index is 2.62. The summed E-state index contributed by atoms with van der Waals surface area (Å²) >= 11 is 0. The van der Waals surface area contributed by atoms with Crippen molar-refractivity contribution in [2.75, 3.05) is 19.8 Å². The van der Waals surface area contributed by atoms with Crippen molar-refractivity contribution in [2.24, 2.45) is 0 Å². The van der Waals surface area contributed by atoms with E-state index in [4.69, 9.17) is 9.84 Å². The van der Waals surface area contributed by atoms with Crippen molar-refractivity contribution in [1.29, 1.82) is 0 Å². The van der Waals surface area contributed by atoms with Crippen LogP contribution in [0.4, 0.5) is 0 Å². The molecule has 0 aliphatic heterocycles. The van der Waals surface area contributed by atoms with Crippen LogP contribution in [0.25, 0.3) is 0 Å². The van der Waals surface area contributed by atoms with Crippen LogP contribution in [0.15, 0.2) is 0 Å². The van der Waals surface area contributed by atoms with Gasteiger partial charge in [0.05, 0.1) is 19.8 Å². The van der Waals surface area contributed by atoms with Crippen LogP contribution in [-0.2, 0) is 9.53 Å². The molecule has 0 rings (SSSR count). The number of rotatable bonds is 5. The lowest BCUT2D eigenvalue weighted by atomic mass is 10.5. The number of hydrogen-bond acceptors (Lipinski definition) is 3. The third-order valence-corrected chi connectivity index (χ3v) is 0.616. The Labute approximate surface area is 48.3 Å². The van der Waals surface area contributed by atoms with Crippen LogP contribution >= 0.6 is 0 Å². The summed E-state index contributed by atoms with van der Waals surface area (Å²) in [5, 5.41) is 8.15. The molecular weight excluding hydrogens is 108 g/mol. The summed E-state index contributed by atoms with van der Waals surface area (Å²) in [7, 11) is 0. The van der Waals surface area contributed by atoms with Crippen LogP contribution in [0.2, 0.25) is 0 Å². The van der Waals surface area contributed by atoms with Crippen molar-refractivity contribution in [3.8, 4) is 0 Å². The number of aliphatic hydroxyl groups is 1. The second-order valence-corrected chi connectivity index (χ2v) is 1.29. The summed E-state index contributed by atoms with van der Waals surface area (Å²) in [5.41, 5.74) is 0. The maximum atomic E-state index is 9.63. The molecule has 0 heterocycles. The molecule has 0 spiro atoms. The number of aldehydes is 1. The summed E-state index contributed by atoms with van der Waals surface area (Å²) < 4.78 is 4.74. The molecule has 0 saturated heterocycles. The van der Waals surface area contributed by atoms with Gasteiger partial charge in [0.15, 0.2) is 0 Å². The van der Waals surface area contributed by atoms with E-state index in [2.05, 4.69) is 0 Å². The monoisotopic (exact) mass is 118 g/mol. The normalized spacial score (nSPS) is 9.12. The first kappa shape index (κ1) is 7.59. The SMILES string of the molecule is O=CCCOCCO. The van der Waals surface area contributed by atoms with Crippen molar-refractivity contribution in [1.82, 2.24) is 0 Å². The molecule has 0 aromatic heterocycles. The standard InChI is InChI=1S/C5H10O3/c6-2-1-4-8-5-3-7/h2,7H,1,3-5H2. The van der Waals surface area contributed by atoms with Crippen LogP contribution in [0.1, 0.15) is 6.42 Å². The fourth-order valence-electron chi connectivity index (χ4n) is 0.298. The van der Waals surface area contributed by atoms with Crippen molar-refractivity contribution in [3.63, 3.8) is 0 Å². The Hall–Kier alpha value is -0.410. The topological polar surface area (TPSA) is 46.5 Å². The Kier molecular flexibility index (Phi) is 6.25. The minimum Gasteiger partial charge on any atom is -0.394 e. The molecule has 48 valence electrons. The molecule has 0 bridgehead atoms. The third kappa shape index (κ3) is 5.59. The molecule has 0 aliphatic carbocycles. The molecule has 0 fully saturated rings. The molecule has 0 amide bonds. The zero-order chi connectivity index (χ0) is 6.24. The number of carbonyl (C=O) groups excluding carboxylic acids is 1. The Morgan fingerprint density at radius 1 is 1.50 bits per heavy atom. The number of aliphatic hydroxyl groups excluding tert-OH is 1. The Morgan fingerprint density at radius 3 is 2.75 bits per heavy atom. The van der Waals surface area contributed by atoms with E-state index >= 15 is 0 Å². The number of ether oxygens (including phenoxy) is 1. The van der Waals surface area contributed by atoms with Gasteiger partial charge >= 0.3 is 0 Å². The van der Waals surface area contributed by atoms with Gasteiger partial charge in [-0.05, 0) is 0 Å². The second-order valence-electron chi connectivity index (χ2n) is 1.29. The van der Waals surface area contributed by atoms with E-state index in [0.717, 1.165) is 6.29 Å². The van der Waals surface area contributed by atoms with Crippen molar-refractivity contribution in [3.05, 3.63) is 0 Å². The number of carbonyl (C=O) groups is 1. The average Bonchev–Trinajstić information content (AvgIpc) is 1.81. The molecule has 0 aromatic carbocycles. The molecule has 1 N–H and O–H groups in total. The first-order chi connectivity index (χ1) is 3.91. The van der Waals surface area contributed by atoms with Crippen LogP contribution in [0.3, 0.4) is 0 Å². The van der Waals surface area contributed by atoms with E-state index in [1.165, 1.54) is 0 Å². The first-order valence-electron chi connectivity index (χ1n) is 2.54. The van der Waals surface area contributed by atoms with Gasteiger partial charge in [-0.3, -0.25) is 0 Å². The molecule has 0 aromatic rings. The summed E-state index contributed by atoms with van der Waals surface area (Å²) in [6.45, 7) is 0.775. The number of hydrogen-bond donors (Lipinski definition) is 1. The van der Waals surface area contributed by atoms with Gasteiger partial charge in [-0.25, -0.2) is 0 Å². The summed E-state index contributed by atoms with van der Waals surface area (Å²) in [6, 6.07) is 0. The summed E-state index contributed by atoms with van der Waals surface area (Å²) in [5.74, 6) is 0. The fraction of sp³-hybridized carbons (Fsp3) is 0.800. The zero-order valence-electron chi connectivity index (χ0n) is 4.67. The van der Waals surface area contributed by atoms with Crippen molar-refractivity contribution < 1.29 is 14.6 Å². The molecule has 0 saturated carbocycles. The molecule has 0 radical (unpaired) electrons. The van der Waals surface area contributed by atoms with Gasteiger partial charge in [0, 0.05) is 6.42 Å². The van der Waals surface area contributed by atoms with Gasteiger partial charge in [-0.1, -0.05) is 0 Å². The maximum absolute atomic E-state index is 9.63. The van der Waals surface area contributed by atoms with E-state index in [1.54, 1.807) is 0 Å². The average molecular weight is 118 g/mol. The van der Waals surface area contributed by atoms with Crippen molar-refractivity contribution in [2.45, 2.75) is 6.42 Å². The van der Waals surface area contributed by atoms with E-state index in [1.807, 2.05) is 0 Å². The highest BCUT2D eigenvalue weighted by molar-refractivity contribution is 5.49. The lowest BCUT2D eigenvalue weighted by Crippen LogP contribution is -2.00. The van der Waals surface area contributed by atoms with Gasteiger partial charge in [0.2, 0.25) is 0 Å². The predicted octanol–water partition coefficient (Wildman–Crippen LogP) is -0.416. The molecule has 0 unspecified atom stereocenters. The van der Waals surface area contributed by atoms with E-state index in [-0.39, 0.29) is 6.61 Å². The summed E-state index contributed by atoms with van der Waals surface area (Å²) in [6.07, 6.45) is 1.21. The van der Waals surface area contributed by atoms with Crippen LogP contribution in [-0.4, -0.2) is 31.2 Å². The molecule has 0 atom stereocenters. The molecule has 0 aliphatic rings. The quantitative estimate of drug-likeness (QED) is 0.394. The highest BCUT2D eigenvalue weighted by atomic mass is 16.5. The largest absolute Gasteiger partial charge is 0.394 e. The smallest absolute Gasteiger partial charge is 0.122 e. The lowest BCUT2D eigenvalue weighted by Gasteiger charge is -1.94. The van der Waals surface area contributed by atoms with Crippen LogP contribution in [0.5, 0.6) is 0 Å². The minimum absolute atomic E-state index is 0.0266. The van der Waals surface area contributed by atoms with E-state index in [0.29, 0.717) is 19.6 Å². The summed E-state index contributed by atoms with van der Waals surface area (Å²) in [4.78, 5) is 9.63. The van der Waals surface area contributed by atoms with Gasteiger partial charge in [0.25, 0.3) is 0 Å². The molecular formula is C5H10O3. The first-order valence-corrected chi connectivity index (χ1v) is 2.54. The molecule has 3 heteroatoms. The molecule has 3 nitrogen and oxygen atoms in total. The van der Waals surface area contributed by atoms with Crippen molar-refractivity contribution >= 4 is 6.29 Å². The van der Waals surface area contributed by atoms with Gasteiger partial charge in [0.1, 0.15) is 6.29 Å². The highest BCUT2D eigenvalue weighted by Crippen LogP contribution is 1.75. The highest BCUT2D eigenvalue weighted by Gasteiger charge is 1.82. The van der Waals surface area contributed by atoms with Gasteiger partial charge in [-0.2, -0.15) is 0 Å². The Bertz CT molecular complexity index is 53.6. The van der Waals surface area contributed by atoms with E-state index < -0.39 is 0 Å². The molecule has 8 heavy (non-hydrogen) atoms. The van der Waals surface area contributed by atoms with E-state index in [9.17, 15) is 4.79 Å². The zero-order valence-corrected chi connectivity index (χ0v) is 4.67. The second kappa shape index (κ2) is 6.59. The Morgan fingerprint density at radius 2 is 2.25 bits per heavy atom. The third-order valence-electron chi connectivity index (χ3n) is 0.616.